The molecule has 0 aliphatic heterocycles. The first-order valence-electron chi connectivity index (χ1n) is 6.69. The van der Waals surface area contributed by atoms with Crippen LogP contribution in [0.5, 0.6) is 5.75 Å². The molecule has 22 heavy (non-hydrogen) atoms. The lowest BCUT2D eigenvalue weighted by molar-refractivity contribution is -0.384. The van der Waals surface area contributed by atoms with Crippen molar-refractivity contribution >= 4 is 17.3 Å². The van der Waals surface area contributed by atoms with E-state index in [0.717, 1.165) is 5.56 Å². The van der Waals surface area contributed by atoms with Crippen molar-refractivity contribution in [2.24, 2.45) is 0 Å². The van der Waals surface area contributed by atoms with E-state index in [4.69, 9.17) is 4.74 Å². The number of amides is 1. The van der Waals surface area contributed by atoms with Crippen LogP contribution in [0.3, 0.4) is 0 Å². The van der Waals surface area contributed by atoms with Crippen LogP contribution in [0.2, 0.25) is 0 Å². The highest BCUT2D eigenvalue weighted by Gasteiger charge is 2.17. The third-order valence-corrected chi connectivity index (χ3v) is 2.82. The van der Waals surface area contributed by atoms with Crippen LogP contribution in [0.1, 0.15) is 12.5 Å². The SMILES string of the molecule is CCOc1ccc(NC(=O)Cn2cc(C)cn2)c([N+](=O)[O-])c1. The summed E-state index contributed by atoms with van der Waals surface area (Å²) in [6.45, 7) is 4.03. The van der Waals surface area contributed by atoms with Crippen LogP contribution >= 0.6 is 0 Å². The molecule has 1 aromatic heterocycles. The number of hydrogen-bond acceptors (Lipinski definition) is 5. The topological polar surface area (TPSA) is 99.3 Å². The summed E-state index contributed by atoms with van der Waals surface area (Å²) in [4.78, 5) is 22.5. The Morgan fingerprint density at radius 1 is 1.50 bits per heavy atom. The second-order valence-corrected chi connectivity index (χ2v) is 4.63. The Bertz CT molecular complexity index is 696. The molecule has 2 rings (SSSR count). The molecule has 1 amide bonds. The zero-order valence-electron chi connectivity index (χ0n) is 12.3. The Labute approximate surface area is 126 Å². The first-order chi connectivity index (χ1) is 10.5. The van der Waals surface area contributed by atoms with Crippen LogP contribution in [-0.2, 0) is 11.3 Å². The molecule has 0 saturated carbocycles. The molecule has 1 aromatic carbocycles. The van der Waals surface area contributed by atoms with E-state index in [2.05, 4.69) is 10.4 Å². The maximum Gasteiger partial charge on any atom is 0.296 e. The highest BCUT2D eigenvalue weighted by molar-refractivity contribution is 5.93. The molecule has 8 nitrogen and oxygen atoms in total. The maximum atomic E-state index is 12.0. The Hall–Kier alpha value is -2.90. The second-order valence-electron chi connectivity index (χ2n) is 4.63. The fraction of sp³-hybridized carbons (Fsp3) is 0.286. The molecule has 0 unspecified atom stereocenters. The number of ether oxygens (including phenoxy) is 1. The van der Waals surface area contributed by atoms with Crippen LogP contribution in [0.15, 0.2) is 30.6 Å². The Morgan fingerprint density at radius 3 is 2.86 bits per heavy atom. The summed E-state index contributed by atoms with van der Waals surface area (Å²) in [5.74, 6) is -0.00902. The third-order valence-electron chi connectivity index (χ3n) is 2.82. The van der Waals surface area contributed by atoms with Gasteiger partial charge in [-0.3, -0.25) is 19.6 Å². The van der Waals surface area contributed by atoms with E-state index in [9.17, 15) is 14.9 Å². The summed E-state index contributed by atoms with van der Waals surface area (Å²) >= 11 is 0. The lowest BCUT2D eigenvalue weighted by Crippen LogP contribution is -2.19. The molecule has 8 heteroatoms. The van der Waals surface area contributed by atoms with E-state index in [-0.39, 0.29) is 17.9 Å². The fourth-order valence-corrected chi connectivity index (χ4v) is 1.91. The number of carbonyl (C=O) groups is 1. The average molecular weight is 304 g/mol. The van der Waals surface area contributed by atoms with Gasteiger partial charge >= 0.3 is 0 Å². The van der Waals surface area contributed by atoms with Crippen LogP contribution < -0.4 is 10.1 Å². The number of rotatable bonds is 6. The second kappa shape index (κ2) is 6.70. The summed E-state index contributed by atoms with van der Waals surface area (Å²) < 4.78 is 6.69. The number of aryl methyl sites for hydroxylation is 1. The van der Waals surface area contributed by atoms with Gasteiger partial charge in [0.25, 0.3) is 5.69 Å². The van der Waals surface area contributed by atoms with Crippen molar-refractivity contribution in [3.05, 3.63) is 46.3 Å². The van der Waals surface area contributed by atoms with Gasteiger partial charge in [-0.25, -0.2) is 0 Å². The Kier molecular flexibility index (Phi) is 4.72. The van der Waals surface area contributed by atoms with Gasteiger partial charge in [0.05, 0.1) is 23.8 Å². The summed E-state index contributed by atoms with van der Waals surface area (Å²) in [5.41, 5.74) is 0.845. The molecule has 0 aliphatic carbocycles. The minimum Gasteiger partial charge on any atom is -0.494 e. The zero-order chi connectivity index (χ0) is 16.1. The molecule has 0 radical (unpaired) electrons. The number of anilines is 1. The molecule has 0 spiro atoms. The van der Waals surface area contributed by atoms with Crippen molar-refractivity contribution in [2.75, 3.05) is 11.9 Å². The monoisotopic (exact) mass is 304 g/mol. The molecule has 0 saturated heterocycles. The van der Waals surface area contributed by atoms with E-state index < -0.39 is 10.8 Å². The first kappa shape index (κ1) is 15.5. The normalized spacial score (nSPS) is 10.3. The van der Waals surface area contributed by atoms with Crippen molar-refractivity contribution in [1.29, 1.82) is 0 Å². The van der Waals surface area contributed by atoms with E-state index in [1.807, 2.05) is 6.92 Å². The van der Waals surface area contributed by atoms with Crippen molar-refractivity contribution in [3.8, 4) is 5.75 Å². The standard InChI is InChI=1S/C14H16N4O4/c1-3-22-11-4-5-12(13(6-11)18(20)21)16-14(19)9-17-8-10(2)7-15-17/h4-8H,3,9H2,1-2H3,(H,16,19). The van der Waals surface area contributed by atoms with Crippen LogP contribution in [0.4, 0.5) is 11.4 Å². The summed E-state index contributed by atoms with van der Waals surface area (Å²) in [5, 5.41) is 17.6. The maximum absolute atomic E-state index is 12.0. The molecule has 0 bridgehead atoms. The predicted octanol–water partition coefficient (Wildman–Crippen LogP) is 2.14. The molecule has 0 fully saturated rings. The molecular formula is C14H16N4O4. The number of nitrogens with one attached hydrogen (secondary N) is 1. The number of nitro groups is 1. The van der Waals surface area contributed by atoms with E-state index in [0.29, 0.717) is 12.4 Å². The van der Waals surface area contributed by atoms with Crippen molar-refractivity contribution in [3.63, 3.8) is 0 Å². The zero-order valence-corrected chi connectivity index (χ0v) is 12.3. The average Bonchev–Trinajstić information content (AvgIpc) is 2.85. The quantitative estimate of drug-likeness (QED) is 0.651. The van der Waals surface area contributed by atoms with E-state index >= 15 is 0 Å². The number of nitro benzene ring substituents is 1. The Balaban J connectivity index is 2.14. The minimum absolute atomic E-state index is 0.0157. The lowest BCUT2D eigenvalue weighted by Gasteiger charge is -2.08. The number of benzene rings is 1. The van der Waals surface area contributed by atoms with Gasteiger partial charge in [0.1, 0.15) is 18.0 Å². The van der Waals surface area contributed by atoms with Crippen molar-refractivity contribution in [1.82, 2.24) is 9.78 Å². The molecule has 0 atom stereocenters. The van der Waals surface area contributed by atoms with Gasteiger partial charge in [0.15, 0.2) is 0 Å². The first-order valence-corrected chi connectivity index (χ1v) is 6.69. The number of hydrogen-bond donors (Lipinski definition) is 1. The van der Waals surface area contributed by atoms with Gasteiger partial charge in [-0.05, 0) is 31.5 Å². The molecule has 2 aromatic rings. The van der Waals surface area contributed by atoms with Gasteiger partial charge in [-0.2, -0.15) is 5.10 Å². The van der Waals surface area contributed by atoms with Gasteiger partial charge < -0.3 is 10.1 Å². The van der Waals surface area contributed by atoms with Crippen LogP contribution in [-0.4, -0.2) is 27.2 Å². The van der Waals surface area contributed by atoms with E-state index in [1.54, 1.807) is 25.4 Å². The largest absolute Gasteiger partial charge is 0.494 e. The van der Waals surface area contributed by atoms with Crippen LogP contribution in [0.25, 0.3) is 0 Å². The van der Waals surface area contributed by atoms with E-state index in [1.165, 1.54) is 16.8 Å². The highest BCUT2D eigenvalue weighted by atomic mass is 16.6. The molecule has 1 N–H and O–H groups in total. The molecule has 0 aliphatic rings. The molecule has 1 heterocycles. The van der Waals surface area contributed by atoms with Crippen molar-refractivity contribution in [2.45, 2.75) is 20.4 Å². The number of nitrogens with zero attached hydrogens (tertiary/aromatic N) is 3. The van der Waals surface area contributed by atoms with Crippen molar-refractivity contribution < 1.29 is 14.5 Å². The van der Waals surface area contributed by atoms with Gasteiger partial charge in [-0.15, -0.1) is 0 Å². The summed E-state index contributed by atoms with van der Waals surface area (Å²) in [6, 6.07) is 4.32. The number of carbonyl (C=O) groups excluding carboxylic acids is 1. The smallest absolute Gasteiger partial charge is 0.296 e. The van der Waals surface area contributed by atoms with Gasteiger partial charge in [0.2, 0.25) is 5.91 Å². The fourth-order valence-electron chi connectivity index (χ4n) is 1.91. The predicted molar refractivity (Wildman–Crippen MR) is 79.9 cm³/mol. The van der Waals surface area contributed by atoms with Crippen LogP contribution in [0, 0.1) is 17.0 Å². The summed E-state index contributed by atoms with van der Waals surface area (Å²) in [7, 11) is 0. The number of aromatic nitrogens is 2. The minimum atomic E-state index is -0.559. The third kappa shape index (κ3) is 3.81. The lowest BCUT2D eigenvalue weighted by atomic mass is 10.2. The molecule has 116 valence electrons. The Morgan fingerprint density at radius 2 is 2.27 bits per heavy atom. The molecular weight excluding hydrogens is 288 g/mol. The van der Waals surface area contributed by atoms with Gasteiger partial charge in [0, 0.05) is 6.20 Å². The highest BCUT2D eigenvalue weighted by Crippen LogP contribution is 2.29. The summed E-state index contributed by atoms with van der Waals surface area (Å²) in [6.07, 6.45) is 3.35. The van der Waals surface area contributed by atoms with Gasteiger partial charge in [-0.1, -0.05) is 0 Å².